The fourth-order valence-electron chi connectivity index (χ4n) is 3.60. The highest BCUT2D eigenvalue weighted by Crippen LogP contribution is 2.37. The van der Waals surface area contributed by atoms with E-state index in [4.69, 9.17) is 4.74 Å². The number of nitrogens with one attached hydrogen (secondary N) is 1. The number of alkyl halides is 3. The van der Waals surface area contributed by atoms with Gasteiger partial charge in [0.1, 0.15) is 5.75 Å². The molecule has 0 bridgehead atoms. The largest absolute Gasteiger partial charge is 0.497 e. The normalized spacial score (nSPS) is 11.6. The van der Waals surface area contributed by atoms with Crippen molar-refractivity contribution in [1.82, 2.24) is 14.2 Å². The maximum atomic E-state index is 15.3. The highest BCUT2D eigenvalue weighted by Gasteiger charge is 2.33. The van der Waals surface area contributed by atoms with E-state index in [1.807, 2.05) is 0 Å². The number of benzene rings is 1. The zero-order valence-corrected chi connectivity index (χ0v) is 18.2. The molecule has 176 valence electrons. The molecule has 0 saturated heterocycles. The average Bonchev–Trinajstić information content (AvgIpc) is 3.37. The molecule has 7 nitrogen and oxygen atoms in total. The molecule has 0 aliphatic heterocycles. The molecular weight excluding hydrogens is 456 g/mol. The maximum absolute atomic E-state index is 15.3. The highest BCUT2D eigenvalue weighted by molar-refractivity contribution is 6.11. The average molecular weight is 474 g/mol. The van der Waals surface area contributed by atoms with Crippen LogP contribution in [0.4, 0.5) is 23.2 Å². The molecule has 3 aromatic heterocycles. The molecule has 0 radical (unpaired) electrons. The zero-order valence-electron chi connectivity index (χ0n) is 18.2. The number of amides is 1. The molecule has 0 spiro atoms. The summed E-state index contributed by atoms with van der Waals surface area (Å²) in [5, 5.41) is 6.10. The van der Waals surface area contributed by atoms with Crippen molar-refractivity contribution in [3.63, 3.8) is 0 Å². The summed E-state index contributed by atoms with van der Waals surface area (Å²) >= 11 is 0. The molecule has 11 heteroatoms. The van der Waals surface area contributed by atoms with Gasteiger partial charge in [-0.05, 0) is 24.3 Å². The number of methoxy groups -OCH3 is 1. The molecule has 0 saturated carbocycles. The van der Waals surface area contributed by atoms with Crippen LogP contribution in [-0.4, -0.2) is 33.0 Å². The van der Waals surface area contributed by atoms with Gasteiger partial charge in [0.05, 0.1) is 41.3 Å². The number of aryl methyl sites for hydroxylation is 1. The first-order valence-corrected chi connectivity index (χ1v) is 9.90. The Bertz CT molecular complexity index is 1440. The zero-order chi connectivity index (χ0) is 24.8. The van der Waals surface area contributed by atoms with Gasteiger partial charge in [0.2, 0.25) is 0 Å². The van der Waals surface area contributed by atoms with Crippen molar-refractivity contribution >= 4 is 22.9 Å². The minimum absolute atomic E-state index is 0.0381. The SMILES string of the molecule is COc1ccn2c(C(C)=O)cc(C(=O)Nc3cc(C(F)(F)F)cc(-c4cnn(C)c4)c3F)c2c1. The molecular formula is C23H18F4N4O3. The summed E-state index contributed by atoms with van der Waals surface area (Å²) in [6.07, 6.45) is -0.691. The van der Waals surface area contributed by atoms with Crippen molar-refractivity contribution in [2.45, 2.75) is 13.1 Å². The first-order valence-electron chi connectivity index (χ1n) is 9.90. The van der Waals surface area contributed by atoms with Crippen molar-refractivity contribution < 1.29 is 31.9 Å². The molecule has 0 unspecified atom stereocenters. The molecule has 0 fully saturated rings. The number of fused-ring (bicyclic) bond motifs is 1. The first kappa shape index (κ1) is 23.0. The summed E-state index contributed by atoms with van der Waals surface area (Å²) < 4.78 is 63.8. The van der Waals surface area contributed by atoms with Crippen molar-refractivity contribution in [3.05, 3.63) is 71.6 Å². The van der Waals surface area contributed by atoms with Gasteiger partial charge >= 0.3 is 6.18 Å². The number of anilines is 1. The summed E-state index contributed by atoms with van der Waals surface area (Å²) in [7, 11) is 2.95. The van der Waals surface area contributed by atoms with Crippen LogP contribution >= 0.6 is 0 Å². The second kappa shape index (κ2) is 8.32. The quantitative estimate of drug-likeness (QED) is 0.328. The molecule has 0 atom stereocenters. The van der Waals surface area contributed by atoms with Gasteiger partial charge in [0, 0.05) is 43.6 Å². The van der Waals surface area contributed by atoms with Crippen LogP contribution in [-0.2, 0) is 13.2 Å². The minimum Gasteiger partial charge on any atom is -0.497 e. The number of aromatic nitrogens is 3. The first-order chi connectivity index (χ1) is 16.0. The van der Waals surface area contributed by atoms with Crippen molar-refractivity contribution in [1.29, 1.82) is 0 Å². The molecule has 4 rings (SSSR count). The van der Waals surface area contributed by atoms with Crippen LogP contribution in [0.25, 0.3) is 16.6 Å². The number of Topliss-reactive ketones (excluding diaryl/α,β-unsaturated/α-hetero) is 1. The third-order valence-corrected chi connectivity index (χ3v) is 5.25. The minimum atomic E-state index is -4.79. The number of halogens is 4. The smallest absolute Gasteiger partial charge is 0.416 e. The monoisotopic (exact) mass is 474 g/mol. The predicted molar refractivity (Wildman–Crippen MR) is 116 cm³/mol. The lowest BCUT2D eigenvalue weighted by Crippen LogP contribution is -2.15. The molecule has 1 aromatic carbocycles. The number of hydrogen-bond acceptors (Lipinski definition) is 4. The highest BCUT2D eigenvalue weighted by atomic mass is 19.4. The summed E-state index contributed by atoms with van der Waals surface area (Å²) in [6.45, 7) is 1.31. The van der Waals surface area contributed by atoms with Gasteiger partial charge in [-0.15, -0.1) is 0 Å². The number of carbonyl (C=O) groups is 2. The van der Waals surface area contributed by atoms with E-state index in [-0.39, 0.29) is 33.7 Å². The predicted octanol–water partition coefficient (Wildman–Crippen LogP) is 4.96. The summed E-state index contributed by atoms with van der Waals surface area (Å²) in [4.78, 5) is 25.1. The van der Waals surface area contributed by atoms with Gasteiger partial charge in [0.15, 0.2) is 11.6 Å². The Morgan fingerprint density at radius 3 is 2.47 bits per heavy atom. The Kier molecular flexibility index (Phi) is 5.64. The third-order valence-electron chi connectivity index (χ3n) is 5.25. The standard InChI is InChI=1S/C23H18F4N4O3/c1-12(32)19-9-17(20-8-15(34-3)4-5-31(19)20)22(33)29-18-7-14(23(25,26)27)6-16(21(18)24)13-10-28-30(2)11-13/h4-11H,1-3H3,(H,29,33). The summed E-state index contributed by atoms with van der Waals surface area (Å²) in [6, 6.07) is 5.55. The van der Waals surface area contributed by atoms with E-state index in [0.29, 0.717) is 17.9 Å². The Hall–Kier alpha value is -4.15. The fraction of sp³-hybridized carbons (Fsp3) is 0.174. The van der Waals surface area contributed by atoms with Crippen LogP contribution in [0.5, 0.6) is 5.75 Å². The van der Waals surface area contributed by atoms with Gasteiger partial charge in [0.25, 0.3) is 5.91 Å². The number of hydrogen-bond donors (Lipinski definition) is 1. The van der Waals surface area contributed by atoms with Crippen LogP contribution in [0.15, 0.2) is 48.9 Å². The Labute approximate surface area is 190 Å². The molecule has 4 aromatic rings. The Morgan fingerprint density at radius 1 is 1.15 bits per heavy atom. The number of carbonyl (C=O) groups excluding carboxylic acids is 2. The van der Waals surface area contributed by atoms with Crippen LogP contribution in [0.2, 0.25) is 0 Å². The van der Waals surface area contributed by atoms with Gasteiger partial charge in [-0.2, -0.15) is 18.3 Å². The second-order valence-electron chi connectivity index (χ2n) is 7.56. The molecule has 34 heavy (non-hydrogen) atoms. The summed E-state index contributed by atoms with van der Waals surface area (Å²) in [5.41, 5.74) is -1.67. The second-order valence-corrected chi connectivity index (χ2v) is 7.56. The number of ketones is 1. The molecule has 0 aliphatic rings. The van der Waals surface area contributed by atoms with Gasteiger partial charge in [-0.1, -0.05) is 0 Å². The van der Waals surface area contributed by atoms with E-state index in [9.17, 15) is 22.8 Å². The van der Waals surface area contributed by atoms with E-state index in [2.05, 4.69) is 10.4 Å². The molecule has 0 aliphatic carbocycles. The number of pyridine rings is 1. The van der Waals surface area contributed by atoms with E-state index < -0.39 is 29.2 Å². The van der Waals surface area contributed by atoms with Gasteiger partial charge < -0.3 is 14.5 Å². The summed E-state index contributed by atoms with van der Waals surface area (Å²) in [5.74, 6) is -1.90. The Balaban J connectivity index is 1.83. The Morgan fingerprint density at radius 2 is 1.88 bits per heavy atom. The molecule has 1 N–H and O–H groups in total. The van der Waals surface area contributed by atoms with Crippen molar-refractivity contribution in [3.8, 4) is 16.9 Å². The maximum Gasteiger partial charge on any atom is 0.416 e. The molecule has 1 amide bonds. The van der Waals surface area contributed by atoms with Gasteiger partial charge in [-0.3, -0.25) is 14.3 Å². The van der Waals surface area contributed by atoms with E-state index in [1.165, 1.54) is 60.9 Å². The van der Waals surface area contributed by atoms with Crippen molar-refractivity contribution in [2.75, 3.05) is 12.4 Å². The lowest BCUT2D eigenvalue weighted by Gasteiger charge is -2.14. The van der Waals surface area contributed by atoms with Crippen LogP contribution in [0.3, 0.4) is 0 Å². The van der Waals surface area contributed by atoms with Gasteiger partial charge in [-0.25, -0.2) is 4.39 Å². The van der Waals surface area contributed by atoms with E-state index in [0.717, 1.165) is 0 Å². The van der Waals surface area contributed by atoms with Crippen molar-refractivity contribution in [2.24, 2.45) is 7.05 Å². The fourth-order valence-corrected chi connectivity index (χ4v) is 3.60. The van der Waals surface area contributed by atoms with Crippen LogP contribution in [0.1, 0.15) is 33.3 Å². The molecule has 3 heterocycles. The lowest BCUT2D eigenvalue weighted by atomic mass is 10.0. The van der Waals surface area contributed by atoms with Crippen LogP contribution in [0, 0.1) is 5.82 Å². The number of nitrogens with zero attached hydrogens (tertiary/aromatic N) is 3. The van der Waals surface area contributed by atoms with E-state index >= 15 is 4.39 Å². The number of rotatable bonds is 5. The van der Waals surface area contributed by atoms with E-state index in [1.54, 1.807) is 6.07 Å². The topological polar surface area (TPSA) is 77.6 Å². The number of ether oxygens (including phenoxy) is 1. The lowest BCUT2D eigenvalue weighted by molar-refractivity contribution is -0.137. The third kappa shape index (κ3) is 4.12. The van der Waals surface area contributed by atoms with Crippen LogP contribution < -0.4 is 10.1 Å².